The molecule has 0 amide bonds. The Balaban J connectivity index is 2.40. The van der Waals surface area contributed by atoms with Gasteiger partial charge in [0.2, 0.25) is 10.0 Å². The zero-order valence-corrected chi connectivity index (χ0v) is 11.9. The molecule has 2 N–H and O–H groups in total. The summed E-state index contributed by atoms with van der Waals surface area (Å²) in [5.74, 6) is 0.0722. The third kappa shape index (κ3) is 2.75. The topological polar surface area (TPSA) is 77.8 Å². The Kier molecular flexibility index (Phi) is 3.85. The van der Waals surface area contributed by atoms with Gasteiger partial charge in [-0.05, 0) is 49.9 Å². The summed E-state index contributed by atoms with van der Waals surface area (Å²) >= 11 is 0. The van der Waals surface area contributed by atoms with E-state index in [-0.39, 0.29) is 10.6 Å². The summed E-state index contributed by atoms with van der Waals surface area (Å²) in [5.41, 5.74) is 1.09. The van der Waals surface area contributed by atoms with E-state index in [0.717, 1.165) is 0 Å². The number of sulfonamides is 1. The van der Waals surface area contributed by atoms with Gasteiger partial charge in [0.25, 0.3) is 0 Å². The van der Waals surface area contributed by atoms with Crippen LogP contribution in [0.2, 0.25) is 0 Å². The predicted octanol–water partition coefficient (Wildman–Crippen LogP) is 1.15. The summed E-state index contributed by atoms with van der Waals surface area (Å²) in [4.78, 5) is 0.265. The largest absolute Gasteiger partial charge is 0.508 e. The summed E-state index contributed by atoms with van der Waals surface area (Å²) in [6.07, 6.45) is 0.527. The SMILES string of the molecule is Cc1cc(O)cc(C)c1S(=O)(=O)N1CCC(O)CC1. The highest BCUT2D eigenvalue weighted by Gasteiger charge is 2.31. The van der Waals surface area contributed by atoms with Gasteiger partial charge in [-0.15, -0.1) is 0 Å². The molecule has 1 aromatic rings. The lowest BCUT2D eigenvalue weighted by Crippen LogP contribution is -2.40. The fraction of sp³-hybridized carbons (Fsp3) is 0.538. The predicted molar refractivity (Wildman–Crippen MR) is 71.6 cm³/mol. The maximum absolute atomic E-state index is 12.6. The second-order valence-electron chi connectivity index (χ2n) is 5.04. The number of aliphatic hydroxyl groups is 1. The fourth-order valence-corrected chi connectivity index (χ4v) is 4.43. The molecule has 1 aromatic carbocycles. The average molecular weight is 285 g/mol. The van der Waals surface area contributed by atoms with E-state index in [1.165, 1.54) is 16.4 Å². The van der Waals surface area contributed by atoms with Gasteiger partial charge in [-0.2, -0.15) is 4.31 Å². The molecule has 2 rings (SSSR count). The molecular weight excluding hydrogens is 266 g/mol. The molecule has 1 fully saturated rings. The molecule has 6 heteroatoms. The van der Waals surface area contributed by atoms with Crippen molar-refractivity contribution in [1.29, 1.82) is 0 Å². The number of phenolic OH excluding ortho intramolecular Hbond substituents is 1. The lowest BCUT2D eigenvalue weighted by atomic mass is 10.1. The van der Waals surface area contributed by atoms with E-state index in [1.54, 1.807) is 13.8 Å². The van der Waals surface area contributed by atoms with Crippen molar-refractivity contribution in [2.45, 2.75) is 37.7 Å². The van der Waals surface area contributed by atoms with Crippen LogP contribution in [-0.4, -0.2) is 42.1 Å². The van der Waals surface area contributed by atoms with Crippen LogP contribution in [0.4, 0.5) is 0 Å². The first-order valence-electron chi connectivity index (χ1n) is 6.31. The van der Waals surface area contributed by atoms with Crippen LogP contribution in [0.25, 0.3) is 0 Å². The van der Waals surface area contributed by atoms with Gasteiger partial charge >= 0.3 is 0 Å². The van der Waals surface area contributed by atoms with E-state index in [9.17, 15) is 18.6 Å². The van der Waals surface area contributed by atoms with Crippen molar-refractivity contribution in [3.8, 4) is 5.75 Å². The molecule has 1 saturated heterocycles. The van der Waals surface area contributed by atoms with Gasteiger partial charge in [0.05, 0.1) is 11.0 Å². The number of benzene rings is 1. The molecule has 0 spiro atoms. The van der Waals surface area contributed by atoms with Gasteiger partial charge in [0.1, 0.15) is 5.75 Å². The van der Waals surface area contributed by atoms with Gasteiger partial charge in [-0.25, -0.2) is 8.42 Å². The fourth-order valence-electron chi connectivity index (χ4n) is 2.55. The highest BCUT2D eigenvalue weighted by molar-refractivity contribution is 7.89. The number of phenols is 1. The minimum atomic E-state index is -3.55. The number of aryl methyl sites for hydroxylation is 2. The molecule has 0 radical (unpaired) electrons. The first kappa shape index (κ1) is 14.3. The highest BCUT2D eigenvalue weighted by Crippen LogP contribution is 2.29. The lowest BCUT2D eigenvalue weighted by molar-refractivity contribution is 0.113. The van der Waals surface area contributed by atoms with Crippen molar-refractivity contribution in [1.82, 2.24) is 4.31 Å². The second-order valence-corrected chi connectivity index (χ2v) is 6.92. The lowest BCUT2D eigenvalue weighted by Gasteiger charge is -2.29. The summed E-state index contributed by atoms with van der Waals surface area (Å²) in [6, 6.07) is 2.91. The number of piperidine rings is 1. The molecule has 19 heavy (non-hydrogen) atoms. The van der Waals surface area contributed by atoms with E-state index < -0.39 is 16.1 Å². The quantitative estimate of drug-likeness (QED) is 0.854. The van der Waals surface area contributed by atoms with E-state index in [0.29, 0.717) is 37.1 Å². The van der Waals surface area contributed by atoms with Crippen molar-refractivity contribution >= 4 is 10.0 Å². The standard InChI is InChI=1S/C13H19NO4S/c1-9-7-12(16)8-10(2)13(9)19(17,18)14-5-3-11(15)4-6-14/h7-8,11,15-16H,3-6H2,1-2H3. The highest BCUT2D eigenvalue weighted by atomic mass is 32.2. The second kappa shape index (κ2) is 5.11. The Bertz CT molecular complexity index is 551. The van der Waals surface area contributed by atoms with Crippen molar-refractivity contribution in [2.75, 3.05) is 13.1 Å². The van der Waals surface area contributed by atoms with Crippen LogP contribution in [0.3, 0.4) is 0 Å². The zero-order chi connectivity index (χ0) is 14.2. The molecule has 0 aliphatic carbocycles. The Morgan fingerprint density at radius 3 is 2.11 bits per heavy atom. The summed E-state index contributed by atoms with van der Waals surface area (Å²) in [6.45, 7) is 4.03. The Morgan fingerprint density at radius 1 is 1.16 bits per heavy atom. The molecule has 5 nitrogen and oxygen atoms in total. The van der Waals surface area contributed by atoms with Crippen LogP contribution in [0.15, 0.2) is 17.0 Å². The molecule has 0 unspecified atom stereocenters. The molecule has 0 aromatic heterocycles. The van der Waals surface area contributed by atoms with Gasteiger partial charge in [0, 0.05) is 13.1 Å². The minimum Gasteiger partial charge on any atom is -0.508 e. The van der Waals surface area contributed by atoms with Crippen molar-refractivity contribution in [3.63, 3.8) is 0 Å². The molecule has 106 valence electrons. The molecule has 0 saturated carbocycles. The van der Waals surface area contributed by atoms with Gasteiger partial charge in [-0.1, -0.05) is 0 Å². The number of rotatable bonds is 2. The zero-order valence-electron chi connectivity index (χ0n) is 11.1. The molecule has 1 heterocycles. The molecule has 0 atom stereocenters. The number of nitrogens with zero attached hydrogens (tertiary/aromatic N) is 1. The Morgan fingerprint density at radius 2 is 1.63 bits per heavy atom. The number of hydrogen-bond donors (Lipinski definition) is 2. The molecule has 1 aliphatic heterocycles. The molecule has 1 aliphatic rings. The normalized spacial score (nSPS) is 18.7. The summed E-state index contributed by atoms with van der Waals surface area (Å²) in [5, 5.41) is 18.9. The van der Waals surface area contributed by atoms with E-state index in [4.69, 9.17) is 0 Å². The number of aliphatic hydroxyl groups excluding tert-OH is 1. The number of hydrogen-bond acceptors (Lipinski definition) is 4. The van der Waals surface area contributed by atoms with Crippen LogP contribution in [0.5, 0.6) is 5.75 Å². The maximum Gasteiger partial charge on any atom is 0.243 e. The Hall–Kier alpha value is -1.11. The van der Waals surface area contributed by atoms with E-state index >= 15 is 0 Å². The third-order valence-corrected chi connectivity index (χ3v) is 5.67. The van der Waals surface area contributed by atoms with Gasteiger partial charge in [-0.3, -0.25) is 0 Å². The monoisotopic (exact) mass is 285 g/mol. The first-order valence-corrected chi connectivity index (χ1v) is 7.75. The van der Waals surface area contributed by atoms with Crippen LogP contribution >= 0.6 is 0 Å². The molecular formula is C13H19NO4S. The first-order chi connectivity index (χ1) is 8.82. The third-order valence-electron chi connectivity index (χ3n) is 3.47. The minimum absolute atomic E-state index is 0.0722. The summed E-state index contributed by atoms with van der Waals surface area (Å²) < 4.78 is 26.6. The van der Waals surface area contributed by atoms with Crippen molar-refractivity contribution in [2.24, 2.45) is 0 Å². The Labute approximate surface area is 113 Å². The van der Waals surface area contributed by atoms with Gasteiger partial charge in [0.15, 0.2) is 0 Å². The van der Waals surface area contributed by atoms with Crippen LogP contribution < -0.4 is 0 Å². The van der Waals surface area contributed by atoms with Gasteiger partial charge < -0.3 is 10.2 Å². The van der Waals surface area contributed by atoms with Crippen LogP contribution in [0, 0.1) is 13.8 Å². The number of aromatic hydroxyl groups is 1. The van der Waals surface area contributed by atoms with Crippen molar-refractivity contribution < 1.29 is 18.6 Å². The van der Waals surface area contributed by atoms with Crippen LogP contribution in [-0.2, 0) is 10.0 Å². The smallest absolute Gasteiger partial charge is 0.243 e. The van der Waals surface area contributed by atoms with Crippen LogP contribution in [0.1, 0.15) is 24.0 Å². The average Bonchev–Trinajstić information content (AvgIpc) is 2.27. The van der Waals surface area contributed by atoms with Crippen molar-refractivity contribution in [3.05, 3.63) is 23.3 Å². The maximum atomic E-state index is 12.6. The summed E-state index contributed by atoms with van der Waals surface area (Å²) in [7, 11) is -3.55. The van der Waals surface area contributed by atoms with E-state index in [2.05, 4.69) is 0 Å². The molecule has 0 bridgehead atoms. The van der Waals surface area contributed by atoms with E-state index in [1.807, 2.05) is 0 Å².